The lowest BCUT2D eigenvalue weighted by Gasteiger charge is -2.11. The number of carbonyl (C=O) groups is 2. The van der Waals surface area contributed by atoms with Gasteiger partial charge in [0.05, 0.1) is 5.02 Å². The predicted molar refractivity (Wildman–Crippen MR) is 97.4 cm³/mol. The number of rotatable bonds is 5. The monoisotopic (exact) mass is 378 g/mol. The molecule has 0 atom stereocenters. The highest BCUT2D eigenvalue weighted by Gasteiger charge is 2.11. The van der Waals surface area contributed by atoms with E-state index in [1.165, 1.54) is 6.07 Å². The second-order valence-electron chi connectivity index (χ2n) is 5.42. The Kier molecular flexibility index (Phi) is 6.62. The second-order valence-corrected chi connectivity index (χ2v) is 6.21. The number of hydrogen-bond acceptors (Lipinski definition) is 4. The number of halogens is 2. The number of benzene rings is 2. The zero-order chi connectivity index (χ0) is 18.4. The Labute approximate surface area is 156 Å². The van der Waals surface area contributed by atoms with Crippen LogP contribution in [0.25, 0.3) is 0 Å². The van der Waals surface area contributed by atoms with Crippen LogP contribution in [0, 0.1) is 0 Å². The van der Waals surface area contributed by atoms with Gasteiger partial charge in [0.1, 0.15) is 10.8 Å². The van der Waals surface area contributed by atoms with Crippen LogP contribution < -0.4 is 9.47 Å². The highest BCUT2D eigenvalue weighted by Crippen LogP contribution is 2.31. The molecule has 0 aromatic heterocycles. The van der Waals surface area contributed by atoms with Crippen molar-refractivity contribution >= 4 is 35.1 Å². The van der Waals surface area contributed by atoms with Gasteiger partial charge in [-0.25, -0.2) is 9.59 Å². The number of carbonyl (C=O) groups excluding carboxylic acids is 2. The van der Waals surface area contributed by atoms with E-state index in [9.17, 15) is 9.59 Å². The van der Waals surface area contributed by atoms with E-state index in [0.29, 0.717) is 5.75 Å². The average molecular weight is 379 g/mol. The van der Waals surface area contributed by atoms with Gasteiger partial charge in [-0.05, 0) is 29.7 Å². The number of hydrogen-bond donors (Lipinski definition) is 0. The molecule has 4 nitrogen and oxygen atoms in total. The molecule has 0 saturated carbocycles. The average Bonchev–Trinajstić information content (AvgIpc) is 2.57. The Morgan fingerprint density at radius 2 is 1.44 bits per heavy atom. The number of esters is 2. The fourth-order valence-electron chi connectivity index (χ4n) is 2.03. The van der Waals surface area contributed by atoms with Crippen LogP contribution in [0.15, 0.2) is 54.6 Å². The SMILES string of the molecule is CC(C)c1ccccc1OC(=O)/C=C/C(=O)Oc1cccc(Cl)c1Cl. The van der Waals surface area contributed by atoms with Crippen molar-refractivity contribution in [2.45, 2.75) is 19.8 Å². The maximum absolute atomic E-state index is 11.9. The van der Waals surface area contributed by atoms with Crippen LogP contribution in [0.5, 0.6) is 11.5 Å². The van der Waals surface area contributed by atoms with E-state index in [1.807, 2.05) is 26.0 Å². The van der Waals surface area contributed by atoms with Crippen molar-refractivity contribution in [3.8, 4) is 11.5 Å². The van der Waals surface area contributed by atoms with Crippen LogP contribution in [0.4, 0.5) is 0 Å². The largest absolute Gasteiger partial charge is 0.423 e. The Bertz CT molecular complexity index is 813. The molecule has 6 heteroatoms. The summed E-state index contributed by atoms with van der Waals surface area (Å²) in [5.41, 5.74) is 0.900. The van der Waals surface area contributed by atoms with Gasteiger partial charge in [0, 0.05) is 12.2 Å². The first-order valence-electron chi connectivity index (χ1n) is 7.53. The third-order valence-corrected chi connectivity index (χ3v) is 4.04. The second kappa shape index (κ2) is 8.70. The summed E-state index contributed by atoms with van der Waals surface area (Å²) in [7, 11) is 0. The molecule has 2 rings (SSSR count). The summed E-state index contributed by atoms with van der Waals surface area (Å²) in [5, 5.41) is 0.389. The van der Waals surface area contributed by atoms with E-state index < -0.39 is 11.9 Å². The summed E-state index contributed by atoms with van der Waals surface area (Å²) in [6.07, 6.45) is 1.97. The summed E-state index contributed by atoms with van der Waals surface area (Å²) in [6, 6.07) is 11.9. The number of para-hydroxylation sites is 1. The molecule has 0 aliphatic rings. The van der Waals surface area contributed by atoms with Gasteiger partial charge in [0.25, 0.3) is 0 Å². The van der Waals surface area contributed by atoms with Crippen LogP contribution in [-0.4, -0.2) is 11.9 Å². The van der Waals surface area contributed by atoms with Crippen LogP contribution in [0.1, 0.15) is 25.3 Å². The molecule has 2 aromatic rings. The molecule has 0 aliphatic heterocycles. The number of ether oxygens (including phenoxy) is 2. The van der Waals surface area contributed by atoms with Crippen molar-refractivity contribution in [2.24, 2.45) is 0 Å². The van der Waals surface area contributed by atoms with Gasteiger partial charge < -0.3 is 9.47 Å². The van der Waals surface area contributed by atoms with E-state index >= 15 is 0 Å². The minimum absolute atomic E-state index is 0.113. The molecular formula is C19H16Cl2O4. The highest BCUT2D eigenvalue weighted by molar-refractivity contribution is 6.43. The lowest BCUT2D eigenvalue weighted by molar-refractivity contribution is -0.131. The van der Waals surface area contributed by atoms with E-state index in [2.05, 4.69) is 0 Å². The highest BCUT2D eigenvalue weighted by atomic mass is 35.5. The first kappa shape index (κ1) is 19.0. The van der Waals surface area contributed by atoms with Crippen LogP contribution in [0.2, 0.25) is 10.0 Å². The summed E-state index contributed by atoms with van der Waals surface area (Å²) in [6.45, 7) is 3.99. The summed E-state index contributed by atoms with van der Waals surface area (Å²) in [4.78, 5) is 23.7. The molecule has 130 valence electrons. The normalized spacial score (nSPS) is 10.9. The molecule has 2 aromatic carbocycles. The van der Waals surface area contributed by atoms with E-state index in [4.69, 9.17) is 32.7 Å². The Hall–Kier alpha value is -2.30. The zero-order valence-electron chi connectivity index (χ0n) is 13.7. The fraction of sp³-hybridized carbons (Fsp3) is 0.158. The Morgan fingerprint density at radius 3 is 2.08 bits per heavy atom. The molecule has 25 heavy (non-hydrogen) atoms. The third kappa shape index (κ3) is 5.34. The minimum atomic E-state index is -0.765. The van der Waals surface area contributed by atoms with Gasteiger partial charge in [0.2, 0.25) is 0 Å². The van der Waals surface area contributed by atoms with Crippen LogP contribution >= 0.6 is 23.2 Å². The van der Waals surface area contributed by atoms with Crippen molar-refractivity contribution in [2.75, 3.05) is 0 Å². The first-order valence-corrected chi connectivity index (χ1v) is 8.28. The van der Waals surface area contributed by atoms with Crippen LogP contribution in [-0.2, 0) is 9.59 Å². The Morgan fingerprint density at radius 1 is 0.880 bits per heavy atom. The molecule has 0 unspecified atom stereocenters. The van der Waals surface area contributed by atoms with Gasteiger partial charge in [-0.3, -0.25) is 0 Å². The van der Waals surface area contributed by atoms with Crippen molar-refractivity contribution in [1.29, 1.82) is 0 Å². The predicted octanol–water partition coefficient (Wildman–Crippen LogP) is 5.18. The van der Waals surface area contributed by atoms with Crippen molar-refractivity contribution in [1.82, 2.24) is 0 Å². The molecular weight excluding hydrogens is 363 g/mol. The smallest absolute Gasteiger partial charge is 0.336 e. The first-order chi connectivity index (χ1) is 11.9. The lowest BCUT2D eigenvalue weighted by atomic mass is 10.0. The quantitative estimate of drug-likeness (QED) is 0.408. The van der Waals surface area contributed by atoms with Crippen molar-refractivity contribution in [3.63, 3.8) is 0 Å². The topological polar surface area (TPSA) is 52.6 Å². The molecule has 0 saturated heterocycles. The van der Waals surface area contributed by atoms with Gasteiger partial charge in [-0.1, -0.05) is 61.3 Å². The summed E-state index contributed by atoms with van der Waals surface area (Å²) in [5.74, 6) is -0.677. The fourth-order valence-corrected chi connectivity index (χ4v) is 2.36. The molecule has 0 aliphatic carbocycles. The molecule has 0 bridgehead atoms. The summed E-state index contributed by atoms with van der Waals surface area (Å²) < 4.78 is 10.3. The molecule has 0 heterocycles. The lowest BCUT2D eigenvalue weighted by Crippen LogP contribution is -2.09. The minimum Gasteiger partial charge on any atom is -0.423 e. The van der Waals surface area contributed by atoms with E-state index in [-0.39, 0.29) is 21.7 Å². The van der Waals surface area contributed by atoms with Crippen molar-refractivity contribution in [3.05, 3.63) is 70.2 Å². The molecule has 0 radical (unpaired) electrons. The van der Waals surface area contributed by atoms with E-state index in [1.54, 1.807) is 24.3 Å². The van der Waals surface area contributed by atoms with Crippen LogP contribution in [0.3, 0.4) is 0 Å². The molecule has 0 amide bonds. The standard InChI is InChI=1S/C19H16Cl2O4/c1-12(2)13-6-3-4-8-15(13)24-17(22)10-11-18(23)25-16-9-5-7-14(20)19(16)21/h3-12H,1-2H3/b11-10+. The molecule has 0 spiro atoms. The Balaban J connectivity index is 2.01. The van der Waals surface area contributed by atoms with Gasteiger partial charge in [-0.2, -0.15) is 0 Å². The van der Waals surface area contributed by atoms with E-state index in [0.717, 1.165) is 17.7 Å². The maximum atomic E-state index is 11.9. The summed E-state index contributed by atoms with van der Waals surface area (Å²) >= 11 is 11.8. The molecule has 0 fully saturated rings. The third-order valence-electron chi connectivity index (χ3n) is 3.23. The van der Waals surface area contributed by atoms with Gasteiger partial charge in [-0.15, -0.1) is 0 Å². The van der Waals surface area contributed by atoms with Gasteiger partial charge >= 0.3 is 11.9 Å². The maximum Gasteiger partial charge on any atom is 0.336 e. The van der Waals surface area contributed by atoms with Crippen molar-refractivity contribution < 1.29 is 19.1 Å². The zero-order valence-corrected chi connectivity index (χ0v) is 15.2. The molecule has 0 N–H and O–H groups in total. The van der Waals surface area contributed by atoms with Gasteiger partial charge in [0.15, 0.2) is 5.75 Å².